The second-order valence-corrected chi connectivity index (χ2v) is 14.8. The first-order valence-corrected chi connectivity index (χ1v) is 17.8. The van der Waals surface area contributed by atoms with E-state index in [4.69, 9.17) is 23.2 Å². The number of halogens is 2. The number of anilines is 1. The third-order valence-electron chi connectivity index (χ3n) is 8.43. The number of carbonyl (C=O) groups excluding carboxylic acids is 2. The summed E-state index contributed by atoms with van der Waals surface area (Å²) in [4.78, 5) is 29.6. The van der Waals surface area contributed by atoms with Crippen LogP contribution in [0.4, 0.5) is 5.69 Å². The number of sulfonamides is 1. The van der Waals surface area contributed by atoms with E-state index in [-0.39, 0.29) is 29.3 Å². The third kappa shape index (κ3) is 8.81. The molecule has 1 aliphatic carbocycles. The van der Waals surface area contributed by atoms with Gasteiger partial charge in [-0.25, -0.2) is 8.42 Å². The fourth-order valence-electron chi connectivity index (χ4n) is 5.69. The van der Waals surface area contributed by atoms with Crippen LogP contribution in [0.1, 0.15) is 81.9 Å². The number of amides is 2. The van der Waals surface area contributed by atoms with E-state index in [1.165, 1.54) is 4.90 Å². The molecule has 0 heterocycles. The van der Waals surface area contributed by atoms with Gasteiger partial charge in [0, 0.05) is 22.6 Å². The van der Waals surface area contributed by atoms with Crippen molar-refractivity contribution < 1.29 is 18.0 Å². The zero-order valence-electron chi connectivity index (χ0n) is 26.4. The molecule has 4 rings (SSSR count). The van der Waals surface area contributed by atoms with Crippen LogP contribution in [-0.4, -0.2) is 43.8 Å². The number of nitrogens with zero attached hydrogens (tertiary/aromatic N) is 2. The molecule has 3 aromatic rings. The second-order valence-electron chi connectivity index (χ2n) is 12.1. The van der Waals surface area contributed by atoms with Crippen molar-refractivity contribution in [2.75, 3.05) is 10.8 Å². The molecule has 10 heteroatoms. The van der Waals surface area contributed by atoms with Gasteiger partial charge in [0.15, 0.2) is 0 Å². The summed E-state index contributed by atoms with van der Waals surface area (Å²) in [5.41, 5.74) is 2.92. The van der Waals surface area contributed by atoms with Gasteiger partial charge in [-0.1, -0.05) is 99.1 Å². The lowest BCUT2D eigenvalue weighted by atomic mass is 9.95. The molecule has 0 aliphatic heterocycles. The van der Waals surface area contributed by atoms with E-state index in [0.717, 1.165) is 47.5 Å². The number of aryl methyl sites for hydroxylation is 1. The summed E-state index contributed by atoms with van der Waals surface area (Å²) in [7, 11) is -4.15. The normalized spacial score (nSPS) is 14.6. The third-order valence-corrected chi connectivity index (χ3v) is 10.8. The van der Waals surface area contributed by atoms with Crippen molar-refractivity contribution in [3.8, 4) is 0 Å². The average Bonchev–Trinajstić information content (AvgIpc) is 3.01. The average molecular weight is 673 g/mol. The van der Waals surface area contributed by atoms with Crippen LogP contribution >= 0.6 is 23.2 Å². The molecule has 1 aliphatic rings. The minimum absolute atomic E-state index is 0.0101. The van der Waals surface area contributed by atoms with E-state index in [1.54, 1.807) is 54.6 Å². The van der Waals surface area contributed by atoms with Gasteiger partial charge in [-0.05, 0) is 79.6 Å². The molecule has 242 valence electrons. The number of rotatable bonds is 12. The number of benzene rings is 3. The molecule has 1 fully saturated rings. The Kier molecular flexibility index (Phi) is 12.0. The maximum absolute atomic E-state index is 14.4. The molecular formula is C35H43Cl2N3O4S. The van der Waals surface area contributed by atoms with Crippen LogP contribution in [0.5, 0.6) is 0 Å². The van der Waals surface area contributed by atoms with Gasteiger partial charge in [0.05, 0.1) is 10.6 Å². The lowest BCUT2D eigenvalue weighted by molar-refractivity contribution is -0.140. The van der Waals surface area contributed by atoms with Crippen molar-refractivity contribution in [1.82, 2.24) is 10.2 Å². The highest BCUT2D eigenvalue weighted by molar-refractivity contribution is 7.92. The molecule has 2 amide bonds. The van der Waals surface area contributed by atoms with Gasteiger partial charge in [0.1, 0.15) is 12.6 Å². The highest BCUT2D eigenvalue weighted by Crippen LogP contribution is 2.28. The van der Waals surface area contributed by atoms with E-state index in [2.05, 4.69) is 19.2 Å². The van der Waals surface area contributed by atoms with Crippen molar-refractivity contribution in [1.29, 1.82) is 0 Å². The molecule has 0 radical (unpaired) electrons. The Morgan fingerprint density at radius 2 is 1.58 bits per heavy atom. The van der Waals surface area contributed by atoms with Crippen LogP contribution in [0, 0.1) is 6.92 Å². The fourth-order valence-corrected chi connectivity index (χ4v) is 7.57. The van der Waals surface area contributed by atoms with Gasteiger partial charge < -0.3 is 10.2 Å². The van der Waals surface area contributed by atoms with Crippen LogP contribution in [0.25, 0.3) is 0 Å². The standard InChI is InChI=1S/C35H43Cl2N3O4S/c1-5-33(35(42)38-29-9-7-6-8-10-29)39(22-27-13-16-28(36)21-32(27)37)34(41)23-40(30-17-14-26(15-18-30)24(2)3)45(43,44)31-19-11-25(4)12-20-31/h11-21,24,29,33H,5-10,22-23H2,1-4H3,(H,38,42)/t33-/m1/s1. The summed E-state index contributed by atoms with van der Waals surface area (Å²) in [5.74, 6) is -0.525. The Morgan fingerprint density at radius 1 is 0.933 bits per heavy atom. The monoisotopic (exact) mass is 671 g/mol. The van der Waals surface area contributed by atoms with Crippen molar-refractivity contribution in [2.45, 2.75) is 95.7 Å². The van der Waals surface area contributed by atoms with Gasteiger partial charge in [-0.2, -0.15) is 0 Å². The smallest absolute Gasteiger partial charge is 0.264 e. The van der Waals surface area contributed by atoms with Crippen molar-refractivity contribution in [3.05, 3.63) is 93.5 Å². The van der Waals surface area contributed by atoms with E-state index < -0.39 is 28.5 Å². The fraction of sp³-hybridized carbons (Fsp3) is 0.429. The Labute approximate surface area is 278 Å². The Hall–Kier alpha value is -3.07. The molecule has 0 unspecified atom stereocenters. The molecule has 0 bridgehead atoms. The number of nitrogens with one attached hydrogen (secondary N) is 1. The van der Waals surface area contributed by atoms with Gasteiger partial charge in [0.2, 0.25) is 11.8 Å². The minimum atomic E-state index is -4.15. The first-order chi connectivity index (χ1) is 21.4. The second kappa shape index (κ2) is 15.5. The van der Waals surface area contributed by atoms with Crippen molar-refractivity contribution in [3.63, 3.8) is 0 Å². The zero-order valence-corrected chi connectivity index (χ0v) is 28.8. The molecule has 45 heavy (non-hydrogen) atoms. The molecule has 0 spiro atoms. The van der Waals surface area contributed by atoms with Crippen molar-refractivity contribution in [2.24, 2.45) is 0 Å². The van der Waals surface area contributed by atoms with Gasteiger partial charge in [-0.15, -0.1) is 0 Å². The van der Waals surface area contributed by atoms with Crippen LogP contribution < -0.4 is 9.62 Å². The maximum atomic E-state index is 14.4. The first kappa shape index (κ1) is 34.8. The van der Waals surface area contributed by atoms with Gasteiger partial charge >= 0.3 is 0 Å². The lowest BCUT2D eigenvalue weighted by Gasteiger charge is -2.34. The highest BCUT2D eigenvalue weighted by Gasteiger charge is 2.34. The van der Waals surface area contributed by atoms with Crippen molar-refractivity contribution >= 4 is 50.7 Å². The van der Waals surface area contributed by atoms with Crippen LogP contribution in [0.2, 0.25) is 10.0 Å². The van der Waals surface area contributed by atoms with Gasteiger partial charge in [-0.3, -0.25) is 13.9 Å². The Balaban J connectivity index is 1.74. The van der Waals surface area contributed by atoms with Crippen LogP contribution in [0.15, 0.2) is 71.6 Å². The molecule has 1 saturated carbocycles. The van der Waals surface area contributed by atoms with Crippen LogP contribution in [-0.2, 0) is 26.2 Å². The minimum Gasteiger partial charge on any atom is -0.352 e. The van der Waals surface area contributed by atoms with E-state index in [1.807, 2.05) is 26.0 Å². The lowest BCUT2D eigenvalue weighted by Crippen LogP contribution is -2.54. The van der Waals surface area contributed by atoms with E-state index in [0.29, 0.717) is 27.7 Å². The molecule has 3 aromatic carbocycles. The molecule has 1 atom stereocenters. The predicted octanol–water partition coefficient (Wildman–Crippen LogP) is 7.88. The maximum Gasteiger partial charge on any atom is 0.264 e. The molecule has 1 N–H and O–H groups in total. The summed E-state index contributed by atoms with van der Waals surface area (Å²) < 4.78 is 29.4. The van der Waals surface area contributed by atoms with Crippen LogP contribution in [0.3, 0.4) is 0 Å². The Bertz CT molecular complexity index is 1570. The zero-order chi connectivity index (χ0) is 32.7. The van der Waals surface area contributed by atoms with E-state index in [9.17, 15) is 18.0 Å². The molecule has 0 saturated heterocycles. The molecule has 7 nitrogen and oxygen atoms in total. The van der Waals surface area contributed by atoms with Gasteiger partial charge in [0.25, 0.3) is 10.0 Å². The largest absolute Gasteiger partial charge is 0.352 e. The molecular weight excluding hydrogens is 629 g/mol. The SMILES string of the molecule is CC[C@H](C(=O)NC1CCCCC1)N(Cc1ccc(Cl)cc1Cl)C(=O)CN(c1ccc(C(C)C)cc1)S(=O)(=O)c1ccc(C)cc1. The summed E-state index contributed by atoms with van der Waals surface area (Å²) in [6.45, 7) is 7.35. The predicted molar refractivity (Wildman–Crippen MR) is 182 cm³/mol. The summed E-state index contributed by atoms with van der Waals surface area (Å²) in [5, 5.41) is 3.96. The van der Waals surface area contributed by atoms with E-state index >= 15 is 0 Å². The Morgan fingerprint density at radius 3 is 2.16 bits per heavy atom. The first-order valence-electron chi connectivity index (χ1n) is 15.6. The number of hydrogen-bond donors (Lipinski definition) is 1. The number of hydrogen-bond acceptors (Lipinski definition) is 4. The molecule has 0 aromatic heterocycles. The summed E-state index contributed by atoms with van der Waals surface area (Å²) >= 11 is 12.7. The number of carbonyl (C=O) groups is 2. The summed E-state index contributed by atoms with van der Waals surface area (Å²) in [6, 6.07) is 18.0. The highest BCUT2D eigenvalue weighted by atomic mass is 35.5. The topological polar surface area (TPSA) is 86.8 Å². The quantitative estimate of drug-likeness (QED) is 0.212. The summed E-state index contributed by atoms with van der Waals surface area (Å²) in [6.07, 6.45) is 5.37.